The van der Waals surface area contributed by atoms with E-state index >= 15 is 0 Å². The Bertz CT molecular complexity index is 130. The highest BCUT2D eigenvalue weighted by Crippen LogP contribution is 1.96. The predicted molar refractivity (Wildman–Crippen MR) is 51.0 cm³/mol. The van der Waals surface area contributed by atoms with Crippen LogP contribution in [0.4, 0.5) is 0 Å². The van der Waals surface area contributed by atoms with E-state index in [2.05, 4.69) is 17.6 Å². The zero-order valence-electron chi connectivity index (χ0n) is 8.48. The van der Waals surface area contributed by atoms with Crippen molar-refractivity contribution in [1.82, 2.24) is 10.6 Å². The van der Waals surface area contributed by atoms with Crippen molar-refractivity contribution in [3.05, 3.63) is 0 Å². The van der Waals surface area contributed by atoms with Gasteiger partial charge in [0.25, 0.3) is 0 Å². The lowest BCUT2D eigenvalue weighted by molar-refractivity contribution is -0.122. The zero-order chi connectivity index (χ0) is 9.56. The minimum atomic E-state index is 0.131. The summed E-state index contributed by atoms with van der Waals surface area (Å²) in [5.41, 5.74) is 0. The molecular formula is C9H20N2O. The Kier molecular flexibility index (Phi) is 5.72. The highest BCUT2D eigenvalue weighted by molar-refractivity contribution is 5.76. The molecule has 12 heavy (non-hydrogen) atoms. The third-order valence-electron chi connectivity index (χ3n) is 1.78. The molecule has 0 spiro atoms. The summed E-state index contributed by atoms with van der Waals surface area (Å²) >= 11 is 0. The van der Waals surface area contributed by atoms with Gasteiger partial charge >= 0.3 is 0 Å². The molecule has 0 aliphatic heterocycles. The third-order valence-corrected chi connectivity index (χ3v) is 1.78. The van der Waals surface area contributed by atoms with E-state index in [4.69, 9.17) is 0 Å². The standard InChI is InChI=1S/C9H20N2O/c1-5-8(10-4)6-9(12)11-7(2)3/h7-8,10H,5-6H2,1-4H3,(H,11,12). The summed E-state index contributed by atoms with van der Waals surface area (Å²) in [6.07, 6.45) is 1.56. The maximum atomic E-state index is 11.2. The summed E-state index contributed by atoms with van der Waals surface area (Å²) in [5, 5.41) is 5.96. The molecule has 0 rings (SSSR count). The topological polar surface area (TPSA) is 41.1 Å². The monoisotopic (exact) mass is 172 g/mol. The Morgan fingerprint density at radius 2 is 2.00 bits per heavy atom. The van der Waals surface area contributed by atoms with Crippen LogP contribution in [0.25, 0.3) is 0 Å². The van der Waals surface area contributed by atoms with E-state index in [-0.39, 0.29) is 11.9 Å². The van der Waals surface area contributed by atoms with Crippen LogP contribution in [0.15, 0.2) is 0 Å². The first-order valence-corrected chi connectivity index (χ1v) is 4.56. The van der Waals surface area contributed by atoms with Gasteiger partial charge in [-0.15, -0.1) is 0 Å². The molecule has 2 N–H and O–H groups in total. The maximum Gasteiger partial charge on any atom is 0.221 e. The highest BCUT2D eigenvalue weighted by Gasteiger charge is 2.09. The van der Waals surface area contributed by atoms with Crippen LogP contribution in [0.2, 0.25) is 0 Å². The Morgan fingerprint density at radius 1 is 1.42 bits per heavy atom. The van der Waals surface area contributed by atoms with Crippen LogP contribution in [0, 0.1) is 0 Å². The molecule has 0 bridgehead atoms. The van der Waals surface area contributed by atoms with Crippen molar-refractivity contribution >= 4 is 5.91 Å². The first-order valence-electron chi connectivity index (χ1n) is 4.56. The number of hydrogen-bond donors (Lipinski definition) is 2. The number of hydrogen-bond acceptors (Lipinski definition) is 2. The van der Waals surface area contributed by atoms with Gasteiger partial charge in [-0.05, 0) is 27.3 Å². The normalized spacial score (nSPS) is 13.1. The fourth-order valence-corrected chi connectivity index (χ4v) is 1.06. The molecule has 0 aromatic carbocycles. The van der Waals surface area contributed by atoms with E-state index in [0.29, 0.717) is 12.5 Å². The van der Waals surface area contributed by atoms with Crippen molar-refractivity contribution in [2.45, 2.75) is 45.7 Å². The molecule has 0 aliphatic rings. The Labute approximate surface area is 74.9 Å². The Hall–Kier alpha value is -0.570. The van der Waals surface area contributed by atoms with E-state index in [0.717, 1.165) is 6.42 Å². The molecule has 0 heterocycles. The molecule has 0 aliphatic carbocycles. The van der Waals surface area contributed by atoms with E-state index in [1.165, 1.54) is 0 Å². The van der Waals surface area contributed by atoms with Crippen molar-refractivity contribution in [3.8, 4) is 0 Å². The first-order chi connectivity index (χ1) is 5.60. The van der Waals surface area contributed by atoms with Crippen LogP contribution < -0.4 is 10.6 Å². The second-order valence-electron chi connectivity index (χ2n) is 3.32. The molecule has 0 aromatic rings. The smallest absolute Gasteiger partial charge is 0.221 e. The molecular weight excluding hydrogens is 152 g/mol. The summed E-state index contributed by atoms with van der Waals surface area (Å²) in [4.78, 5) is 11.2. The molecule has 0 fully saturated rings. The third kappa shape index (κ3) is 5.13. The predicted octanol–water partition coefficient (Wildman–Crippen LogP) is 0.899. The van der Waals surface area contributed by atoms with Gasteiger partial charge in [-0.1, -0.05) is 6.92 Å². The van der Waals surface area contributed by atoms with Crippen LogP contribution in [-0.4, -0.2) is 25.0 Å². The SMILES string of the molecule is CCC(CC(=O)NC(C)C)NC. The van der Waals surface area contributed by atoms with Gasteiger partial charge in [0.05, 0.1) is 0 Å². The minimum Gasteiger partial charge on any atom is -0.354 e. The molecule has 72 valence electrons. The molecule has 1 amide bonds. The summed E-state index contributed by atoms with van der Waals surface area (Å²) in [6.45, 7) is 6.01. The van der Waals surface area contributed by atoms with Gasteiger partial charge in [-0.25, -0.2) is 0 Å². The van der Waals surface area contributed by atoms with Gasteiger partial charge in [0.2, 0.25) is 5.91 Å². The van der Waals surface area contributed by atoms with Crippen LogP contribution in [0.1, 0.15) is 33.6 Å². The summed E-state index contributed by atoms with van der Waals surface area (Å²) in [7, 11) is 1.89. The Morgan fingerprint density at radius 3 is 2.33 bits per heavy atom. The summed E-state index contributed by atoms with van der Waals surface area (Å²) in [6, 6.07) is 0.551. The van der Waals surface area contributed by atoms with Gasteiger partial charge in [0, 0.05) is 18.5 Å². The molecule has 0 aromatic heterocycles. The number of nitrogens with one attached hydrogen (secondary N) is 2. The second kappa shape index (κ2) is 6.00. The van der Waals surface area contributed by atoms with Gasteiger partial charge in [-0.3, -0.25) is 4.79 Å². The number of rotatable bonds is 5. The molecule has 0 radical (unpaired) electrons. The average molecular weight is 172 g/mol. The number of amides is 1. The number of carbonyl (C=O) groups excluding carboxylic acids is 1. The molecule has 1 atom stereocenters. The van der Waals surface area contributed by atoms with Crippen molar-refractivity contribution in [2.24, 2.45) is 0 Å². The average Bonchev–Trinajstić information content (AvgIpc) is 1.98. The summed E-state index contributed by atoms with van der Waals surface area (Å²) < 4.78 is 0. The van der Waals surface area contributed by atoms with E-state index in [9.17, 15) is 4.79 Å². The first kappa shape index (κ1) is 11.4. The highest BCUT2D eigenvalue weighted by atomic mass is 16.1. The fraction of sp³-hybridized carbons (Fsp3) is 0.889. The number of carbonyl (C=O) groups is 1. The molecule has 3 heteroatoms. The minimum absolute atomic E-state index is 0.131. The van der Waals surface area contributed by atoms with Crippen molar-refractivity contribution in [1.29, 1.82) is 0 Å². The lowest BCUT2D eigenvalue weighted by Gasteiger charge is -2.14. The van der Waals surface area contributed by atoms with E-state index in [1.807, 2.05) is 20.9 Å². The van der Waals surface area contributed by atoms with Crippen LogP contribution in [-0.2, 0) is 4.79 Å². The maximum absolute atomic E-state index is 11.2. The van der Waals surface area contributed by atoms with E-state index < -0.39 is 0 Å². The quantitative estimate of drug-likeness (QED) is 0.647. The zero-order valence-corrected chi connectivity index (χ0v) is 8.48. The molecule has 0 saturated heterocycles. The lowest BCUT2D eigenvalue weighted by atomic mass is 10.1. The van der Waals surface area contributed by atoms with Crippen molar-refractivity contribution < 1.29 is 4.79 Å². The second-order valence-corrected chi connectivity index (χ2v) is 3.32. The lowest BCUT2D eigenvalue weighted by Crippen LogP contribution is -2.36. The van der Waals surface area contributed by atoms with Crippen LogP contribution >= 0.6 is 0 Å². The van der Waals surface area contributed by atoms with Gasteiger partial charge in [0.15, 0.2) is 0 Å². The van der Waals surface area contributed by atoms with Gasteiger partial charge in [0.1, 0.15) is 0 Å². The summed E-state index contributed by atoms with van der Waals surface area (Å²) in [5.74, 6) is 0.131. The van der Waals surface area contributed by atoms with E-state index in [1.54, 1.807) is 0 Å². The Balaban J connectivity index is 3.66. The molecule has 1 unspecified atom stereocenters. The van der Waals surface area contributed by atoms with Crippen molar-refractivity contribution in [3.63, 3.8) is 0 Å². The van der Waals surface area contributed by atoms with Crippen LogP contribution in [0.5, 0.6) is 0 Å². The van der Waals surface area contributed by atoms with Crippen LogP contribution in [0.3, 0.4) is 0 Å². The molecule has 3 nitrogen and oxygen atoms in total. The van der Waals surface area contributed by atoms with Crippen molar-refractivity contribution in [2.75, 3.05) is 7.05 Å². The molecule has 0 saturated carbocycles. The van der Waals surface area contributed by atoms with Gasteiger partial charge in [-0.2, -0.15) is 0 Å². The largest absolute Gasteiger partial charge is 0.354 e. The van der Waals surface area contributed by atoms with Gasteiger partial charge < -0.3 is 10.6 Å². The fourth-order valence-electron chi connectivity index (χ4n) is 1.06.